The number of anilines is 2. The highest BCUT2D eigenvalue weighted by atomic mass is 32.2. The fourth-order valence-corrected chi connectivity index (χ4v) is 4.88. The fourth-order valence-electron chi connectivity index (χ4n) is 3.67. The molecular formula is C24H30N2O3S. The first-order chi connectivity index (χ1) is 14.7. The van der Waals surface area contributed by atoms with Gasteiger partial charge in [-0.3, -0.25) is 14.5 Å². The molecule has 1 fully saturated rings. The summed E-state index contributed by atoms with van der Waals surface area (Å²) in [6.07, 6.45) is 6.09. The number of rotatable bonds is 10. The van der Waals surface area contributed by atoms with Crippen molar-refractivity contribution in [1.82, 2.24) is 0 Å². The minimum Gasteiger partial charge on any atom is -0.495 e. The summed E-state index contributed by atoms with van der Waals surface area (Å²) < 4.78 is 5.48. The molecule has 1 heterocycles. The molecule has 0 bridgehead atoms. The first-order valence-electron chi connectivity index (χ1n) is 10.6. The Labute approximate surface area is 183 Å². The molecule has 1 aliphatic rings. The third-order valence-electron chi connectivity index (χ3n) is 5.22. The van der Waals surface area contributed by atoms with E-state index < -0.39 is 0 Å². The smallest absolute Gasteiger partial charge is 0.238 e. The number of hydrogen-bond donors (Lipinski definition) is 1. The van der Waals surface area contributed by atoms with Crippen LogP contribution in [0.5, 0.6) is 5.75 Å². The van der Waals surface area contributed by atoms with Gasteiger partial charge in [-0.15, -0.1) is 11.8 Å². The van der Waals surface area contributed by atoms with Crippen LogP contribution in [-0.2, 0) is 9.59 Å². The molecule has 160 valence electrons. The number of amides is 2. The van der Waals surface area contributed by atoms with Crippen molar-refractivity contribution in [2.75, 3.05) is 23.1 Å². The summed E-state index contributed by atoms with van der Waals surface area (Å²) in [4.78, 5) is 27.0. The zero-order valence-electron chi connectivity index (χ0n) is 17.7. The van der Waals surface area contributed by atoms with Crippen LogP contribution in [0.15, 0.2) is 48.5 Å². The molecule has 1 N–H and O–H groups in total. The molecule has 1 atom stereocenters. The van der Waals surface area contributed by atoms with Crippen LogP contribution in [0.4, 0.5) is 11.4 Å². The van der Waals surface area contributed by atoms with Crippen molar-refractivity contribution in [3.8, 4) is 5.75 Å². The summed E-state index contributed by atoms with van der Waals surface area (Å²) >= 11 is 1.56. The van der Waals surface area contributed by atoms with Crippen LogP contribution in [-0.4, -0.2) is 24.7 Å². The van der Waals surface area contributed by atoms with Crippen LogP contribution in [0, 0.1) is 0 Å². The Morgan fingerprint density at radius 1 is 1.10 bits per heavy atom. The number of carbonyl (C=O) groups is 2. The van der Waals surface area contributed by atoms with Gasteiger partial charge in [0.1, 0.15) is 11.1 Å². The average Bonchev–Trinajstić information content (AvgIpc) is 3.15. The molecule has 0 aliphatic carbocycles. The fraction of sp³-hybridized carbons (Fsp3) is 0.417. The van der Waals surface area contributed by atoms with Gasteiger partial charge in [-0.2, -0.15) is 0 Å². The third kappa shape index (κ3) is 5.36. The van der Waals surface area contributed by atoms with E-state index in [4.69, 9.17) is 4.74 Å². The number of thioether (sulfide) groups is 1. The molecular weight excluding hydrogens is 396 g/mol. The minimum atomic E-state index is -0.213. The van der Waals surface area contributed by atoms with E-state index in [0.29, 0.717) is 17.9 Å². The number of para-hydroxylation sites is 3. The van der Waals surface area contributed by atoms with Crippen molar-refractivity contribution in [2.45, 2.75) is 50.8 Å². The van der Waals surface area contributed by atoms with Crippen molar-refractivity contribution in [1.29, 1.82) is 0 Å². The predicted octanol–water partition coefficient (Wildman–Crippen LogP) is 5.77. The molecule has 2 amide bonds. The van der Waals surface area contributed by atoms with Gasteiger partial charge in [0.15, 0.2) is 0 Å². The van der Waals surface area contributed by atoms with Crippen LogP contribution in [0.2, 0.25) is 0 Å². The summed E-state index contributed by atoms with van der Waals surface area (Å²) in [6, 6.07) is 15.3. The number of ether oxygens (including phenoxy) is 1. The maximum absolute atomic E-state index is 12.7. The van der Waals surface area contributed by atoms with Crippen LogP contribution in [0.25, 0.3) is 0 Å². The van der Waals surface area contributed by atoms with Gasteiger partial charge in [0.05, 0.1) is 18.6 Å². The molecule has 2 aromatic carbocycles. The van der Waals surface area contributed by atoms with E-state index in [0.717, 1.165) is 29.8 Å². The number of hydrogen-bond acceptors (Lipinski definition) is 4. The van der Waals surface area contributed by atoms with Crippen LogP contribution < -0.4 is 15.0 Å². The quantitative estimate of drug-likeness (QED) is 0.490. The second-order valence-electron chi connectivity index (χ2n) is 7.40. The van der Waals surface area contributed by atoms with Gasteiger partial charge >= 0.3 is 0 Å². The van der Waals surface area contributed by atoms with E-state index in [1.165, 1.54) is 19.3 Å². The lowest BCUT2D eigenvalue weighted by Gasteiger charge is -2.27. The summed E-state index contributed by atoms with van der Waals surface area (Å²) in [5, 5.41) is 2.86. The number of nitrogens with zero attached hydrogens (tertiary/aromatic N) is 1. The summed E-state index contributed by atoms with van der Waals surface area (Å²) in [5.41, 5.74) is 2.44. The van der Waals surface area contributed by atoms with Crippen molar-refractivity contribution < 1.29 is 14.3 Å². The van der Waals surface area contributed by atoms with Crippen LogP contribution in [0.1, 0.15) is 56.4 Å². The molecule has 1 saturated heterocycles. The lowest BCUT2D eigenvalue weighted by molar-refractivity contribution is -0.116. The van der Waals surface area contributed by atoms with Gasteiger partial charge in [-0.05, 0) is 24.6 Å². The minimum absolute atomic E-state index is 0.0251. The number of nitrogens with one attached hydrogen (secondary N) is 1. The molecule has 0 aromatic heterocycles. The molecule has 0 saturated carbocycles. The molecule has 30 heavy (non-hydrogen) atoms. The molecule has 0 spiro atoms. The first kappa shape index (κ1) is 22.2. The molecule has 0 unspecified atom stereocenters. The highest BCUT2D eigenvalue weighted by molar-refractivity contribution is 8.00. The normalized spacial score (nSPS) is 16.0. The zero-order chi connectivity index (χ0) is 21.3. The molecule has 0 radical (unpaired) electrons. The number of methoxy groups -OCH3 is 1. The van der Waals surface area contributed by atoms with Crippen molar-refractivity contribution in [2.24, 2.45) is 0 Å². The second-order valence-corrected chi connectivity index (χ2v) is 8.47. The average molecular weight is 427 g/mol. The molecule has 5 nitrogen and oxygen atoms in total. The monoisotopic (exact) mass is 426 g/mol. The lowest BCUT2D eigenvalue weighted by Crippen LogP contribution is -2.29. The van der Waals surface area contributed by atoms with E-state index in [1.54, 1.807) is 23.8 Å². The summed E-state index contributed by atoms with van der Waals surface area (Å²) in [7, 11) is 1.61. The van der Waals surface area contributed by atoms with Gasteiger partial charge in [-0.1, -0.05) is 62.9 Å². The number of carbonyl (C=O) groups excluding carboxylic acids is 2. The Bertz CT molecular complexity index is 871. The highest BCUT2D eigenvalue weighted by Crippen LogP contribution is 2.46. The van der Waals surface area contributed by atoms with Crippen molar-refractivity contribution in [3.63, 3.8) is 0 Å². The lowest BCUT2D eigenvalue weighted by atomic mass is 10.1. The highest BCUT2D eigenvalue weighted by Gasteiger charge is 2.36. The Balaban J connectivity index is 1.77. The second kappa shape index (κ2) is 11.1. The summed E-state index contributed by atoms with van der Waals surface area (Å²) in [5.74, 6) is 1.11. The Hall–Kier alpha value is -2.47. The van der Waals surface area contributed by atoms with E-state index in [1.807, 2.05) is 48.5 Å². The first-order valence-corrected chi connectivity index (χ1v) is 11.7. The Morgan fingerprint density at radius 3 is 2.63 bits per heavy atom. The number of unbranched alkanes of at least 4 members (excludes halogenated alkanes) is 4. The standard InChI is InChI=1S/C24H30N2O3S/c1-3-4-5-6-7-16-22(27)25-19-13-9-8-12-18(19)24-26(23(28)17-30-24)20-14-10-11-15-21(20)29-2/h8-15,24H,3-7,16-17H2,1-2H3,(H,25,27)/t24-/m0/s1. The number of benzene rings is 2. The van der Waals surface area contributed by atoms with Crippen molar-refractivity contribution in [3.05, 3.63) is 54.1 Å². The van der Waals surface area contributed by atoms with Crippen LogP contribution >= 0.6 is 11.8 Å². The SMILES string of the molecule is CCCCCCCC(=O)Nc1ccccc1[C@@H]1SCC(=O)N1c1ccccc1OC. The Morgan fingerprint density at radius 2 is 1.83 bits per heavy atom. The van der Waals surface area contributed by atoms with E-state index in [-0.39, 0.29) is 17.2 Å². The zero-order valence-corrected chi connectivity index (χ0v) is 18.5. The predicted molar refractivity (Wildman–Crippen MR) is 124 cm³/mol. The van der Waals surface area contributed by atoms with E-state index in [2.05, 4.69) is 12.2 Å². The van der Waals surface area contributed by atoms with Gasteiger partial charge < -0.3 is 10.1 Å². The van der Waals surface area contributed by atoms with E-state index in [9.17, 15) is 9.59 Å². The molecule has 3 rings (SSSR count). The molecule has 1 aliphatic heterocycles. The maximum atomic E-state index is 12.7. The largest absolute Gasteiger partial charge is 0.495 e. The van der Waals surface area contributed by atoms with Gasteiger partial charge in [-0.25, -0.2) is 0 Å². The topological polar surface area (TPSA) is 58.6 Å². The maximum Gasteiger partial charge on any atom is 0.238 e. The Kier molecular flexibility index (Phi) is 8.20. The van der Waals surface area contributed by atoms with Gasteiger partial charge in [0.25, 0.3) is 0 Å². The van der Waals surface area contributed by atoms with Gasteiger partial charge in [0, 0.05) is 17.7 Å². The third-order valence-corrected chi connectivity index (χ3v) is 6.42. The van der Waals surface area contributed by atoms with Gasteiger partial charge in [0.2, 0.25) is 11.8 Å². The summed E-state index contributed by atoms with van der Waals surface area (Å²) in [6.45, 7) is 2.18. The van der Waals surface area contributed by atoms with Crippen LogP contribution in [0.3, 0.4) is 0 Å². The van der Waals surface area contributed by atoms with Crippen molar-refractivity contribution >= 4 is 35.0 Å². The molecule has 6 heteroatoms. The molecule has 2 aromatic rings. The van der Waals surface area contributed by atoms with E-state index >= 15 is 0 Å².